The molecule has 1 aliphatic carbocycles. The van der Waals surface area contributed by atoms with Crippen molar-refractivity contribution in [3.63, 3.8) is 0 Å². The molecule has 5 rings (SSSR count). The highest BCUT2D eigenvalue weighted by molar-refractivity contribution is 7.91. The average molecular weight is 467 g/mol. The maximum absolute atomic E-state index is 13.5. The minimum absolute atomic E-state index is 0.0596. The molecule has 174 valence electrons. The molecule has 0 radical (unpaired) electrons. The van der Waals surface area contributed by atoms with E-state index in [4.69, 9.17) is 4.98 Å². The standard InChI is InChI=1S/C25H30N4O3S/c1-17-23-21(25(30)26-19-11-7-2-3-8-12-19)15-22(18-9-5-4-6-10-18)27-24(23)29(28-17)20-13-14-33(31,32)16-20/h4-6,9-10,15,19-20H,2-3,7-8,11-14,16H2,1H3,(H,26,30). The van der Waals surface area contributed by atoms with Gasteiger partial charge in [0.2, 0.25) is 0 Å². The average Bonchev–Trinajstić information content (AvgIpc) is 3.21. The van der Waals surface area contributed by atoms with E-state index in [0.29, 0.717) is 34.4 Å². The molecule has 0 spiro atoms. The summed E-state index contributed by atoms with van der Waals surface area (Å²) >= 11 is 0. The molecule has 2 fully saturated rings. The monoisotopic (exact) mass is 466 g/mol. The first kappa shape index (κ1) is 22.1. The summed E-state index contributed by atoms with van der Waals surface area (Å²) in [5.74, 6) is 0.114. The highest BCUT2D eigenvalue weighted by Crippen LogP contribution is 2.32. The molecule has 2 aliphatic rings. The van der Waals surface area contributed by atoms with Crippen LogP contribution in [0.15, 0.2) is 36.4 Å². The van der Waals surface area contributed by atoms with Gasteiger partial charge in [-0.25, -0.2) is 18.1 Å². The van der Waals surface area contributed by atoms with E-state index in [0.717, 1.165) is 31.2 Å². The van der Waals surface area contributed by atoms with Crippen LogP contribution >= 0.6 is 0 Å². The van der Waals surface area contributed by atoms with Crippen molar-refractivity contribution in [2.45, 2.75) is 64.0 Å². The van der Waals surface area contributed by atoms with Crippen LogP contribution in [0.4, 0.5) is 0 Å². The summed E-state index contributed by atoms with van der Waals surface area (Å²) in [7, 11) is -3.08. The quantitative estimate of drug-likeness (QED) is 0.581. The lowest BCUT2D eigenvalue weighted by molar-refractivity contribution is 0.0935. The number of fused-ring (bicyclic) bond motifs is 1. The van der Waals surface area contributed by atoms with Gasteiger partial charge in [-0.1, -0.05) is 56.0 Å². The van der Waals surface area contributed by atoms with Crippen molar-refractivity contribution in [2.24, 2.45) is 0 Å². The largest absolute Gasteiger partial charge is 0.349 e. The lowest BCUT2D eigenvalue weighted by Crippen LogP contribution is -2.34. The number of benzene rings is 1. The van der Waals surface area contributed by atoms with Gasteiger partial charge < -0.3 is 5.32 Å². The number of nitrogens with one attached hydrogen (secondary N) is 1. The van der Waals surface area contributed by atoms with Crippen LogP contribution in [0.25, 0.3) is 22.3 Å². The zero-order chi connectivity index (χ0) is 23.0. The van der Waals surface area contributed by atoms with Crippen molar-refractivity contribution in [3.8, 4) is 11.3 Å². The molecule has 1 N–H and O–H groups in total. The first-order valence-corrected chi connectivity index (χ1v) is 13.7. The Bertz CT molecular complexity index is 1280. The van der Waals surface area contributed by atoms with Gasteiger partial charge in [0.1, 0.15) is 0 Å². The first-order valence-electron chi connectivity index (χ1n) is 11.9. The molecular weight excluding hydrogens is 436 g/mol. The van der Waals surface area contributed by atoms with Crippen LogP contribution in [-0.4, -0.2) is 46.6 Å². The number of rotatable bonds is 4. The van der Waals surface area contributed by atoms with E-state index in [1.165, 1.54) is 12.8 Å². The molecule has 1 amide bonds. The van der Waals surface area contributed by atoms with Gasteiger partial charge in [0.05, 0.1) is 39.9 Å². The molecule has 8 heteroatoms. The van der Waals surface area contributed by atoms with Crippen molar-refractivity contribution >= 4 is 26.8 Å². The number of aromatic nitrogens is 3. The Morgan fingerprint density at radius 2 is 1.79 bits per heavy atom. The Morgan fingerprint density at radius 1 is 1.06 bits per heavy atom. The number of hydrogen-bond acceptors (Lipinski definition) is 5. The van der Waals surface area contributed by atoms with Gasteiger partial charge in [-0.15, -0.1) is 0 Å². The third kappa shape index (κ3) is 4.53. The van der Waals surface area contributed by atoms with Crippen LogP contribution in [0.2, 0.25) is 0 Å². The van der Waals surface area contributed by atoms with E-state index >= 15 is 0 Å². The van der Waals surface area contributed by atoms with Gasteiger partial charge in [0.15, 0.2) is 15.5 Å². The van der Waals surface area contributed by atoms with Gasteiger partial charge in [0, 0.05) is 11.6 Å². The minimum Gasteiger partial charge on any atom is -0.349 e. The van der Waals surface area contributed by atoms with Gasteiger partial charge in [-0.3, -0.25) is 4.79 Å². The molecule has 1 aliphatic heterocycles. The van der Waals surface area contributed by atoms with E-state index in [9.17, 15) is 13.2 Å². The minimum atomic E-state index is -3.08. The summed E-state index contributed by atoms with van der Waals surface area (Å²) in [6.45, 7) is 1.87. The number of aryl methyl sites for hydroxylation is 1. The van der Waals surface area contributed by atoms with E-state index in [-0.39, 0.29) is 29.5 Å². The van der Waals surface area contributed by atoms with Crippen LogP contribution in [0.3, 0.4) is 0 Å². The number of nitrogens with zero attached hydrogens (tertiary/aromatic N) is 3. The normalized spacial score (nSPS) is 21.2. The molecule has 1 aromatic carbocycles. The molecule has 1 saturated heterocycles. The molecule has 0 bridgehead atoms. The van der Waals surface area contributed by atoms with Crippen LogP contribution in [0.1, 0.15) is 67.0 Å². The van der Waals surface area contributed by atoms with Gasteiger partial charge in [-0.05, 0) is 32.3 Å². The summed E-state index contributed by atoms with van der Waals surface area (Å²) < 4.78 is 26.0. The SMILES string of the molecule is Cc1nn(C2CCS(=O)(=O)C2)c2nc(-c3ccccc3)cc(C(=O)NC3CCCCCC3)c12. The number of carbonyl (C=O) groups is 1. The molecular formula is C25H30N4O3S. The maximum atomic E-state index is 13.5. The van der Waals surface area contributed by atoms with Gasteiger partial charge in [-0.2, -0.15) is 5.10 Å². The van der Waals surface area contributed by atoms with E-state index in [1.54, 1.807) is 4.68 Å². The van der Waals surface area contributed by atoms with Crippen molar-refractivity contribution in [1.82, 2.24) is 20.1 Å². The highest BCUT2D eigenvalue weighted by atomic mass is 32.2. The van der Waals surface area contributed by atoms with Crippen molar-refractivity contribution < 1.29 is 13.2 Å². The fourth-order valence-electron chi connectivity index (χ4n) is 5.16. The smallest absolute Gasteiger partial charge is 0.252 e. The Morgan fingerprint density at radius 3 is 2.45 bits per heavy atom. The van der Waals surface area contributed by atoms with Crippen LogP contribution < -0.4 is 5.32 Å². The van der Waals surface area contributed by atoms with E-state index in [1.807, 2.05) is 43.3 Å². The van der Waals surface area contributed by atoms with E-state index in [2.05, 4.69) is 10.4 Å². The molecule has 3 heterocycles. The molecule has 7 nitrogen and oxygen atoms in total. The third-order valence-electron chi connectivity index (χ3n) is 6.90. The number of sulfone groups is 1. The second kappa shape index (κ2) is 8.89. The summed E-state index contributed by atoms with van der Waals surface area (Å²) in [6.07, 6.45) is 7.24. The summed E-state index contributed by atoms with van der Waals surface area (Å²) in [6, 6.07) is 11.5. The van der Waals surface area contributed by atoms with Crippen LogP contribution in [0, 0.1) is 6.92 Å². The fraction of sp³-hybridized carbons (Fsp3) is 0.480. The highest BCUT2D eigenvalue weighted by Gasteiger charge is 2.32. The number of amides is 1. The zero-order valence-corrected chi connectivity index (χ0v) is 19.8. The lowest BCUT2D eigenvalue weighted by atomic mass is 10.0. The lowest BCUT2D eigenvalue weighted by Gasteiger charge is -2.17. The number of carbonyl (C=O) groups excluding carboxylic acids is 1. The van der Waals surface area contributed by atoms with Crippen molar-refractivity contribution in [1.29, 1.82) is 0 Å². The van der Waals surface area contributed by atoms with Gasteiger partial charge >= 0.3 is 0 Å². The number of pyridine rings is 1. The molecule has 1 saturated carbocycles. The summed E-state index contributed by atoms with van der Waals surface area (Å²) in [5, 5.41) is 8.67. The number of hydrogen-bond donors (Lipinski definition) is 1. The van der Waals surface area contributed by atoms with E-state index < -0.39 is 9.84 Å². The Kier molecular flexibility index (Phi) is 5.95. The van der Waals surface area contributed by atoms with Crippen molar-refractivity contribution in [3.05, 3.63) is 47.7 Å². The van der Waals surface area contributed by atoms with Crippen LogP contribution in [0.5, 0.6) is 0 Å². The molecule has 3 aromatic rings. The second-order valence-corrected chi connectivity index (χ2v) is 11.6. The third-order valence-corrected chi connectivity index (χ3v) is 8.65. The maximum Gasteiger partial charge on any atom is 0.252 e. The molecule has 1 atom stereocenters. The van der Waals surface area contributed by atoms with Crippen LogP contribution in [-0.2, 0) is 9.84 Å². The predicted octanol–water partition coefficient (Wildman–Crippen LogP) is 4.22. The Hall–Kier alpha value is -2.74. The molecule has 33 heavy (non-hydrogen) atoms. The topological polar surface area (TPSA) is 93.9 Å². The van der Waals surface area contributed by atoms with Gasteiger partial charge in [0.25, 0.3) is 5.91 Å². The first-order chi connectivity index (χ1) is 15.9. The van der Waals surface area contributed by atoms with Crippen molar-refractivity contribution in [2.75, 3.05) is 11.5 Å². The fourth-order valence-corrected chi connectivity index (χ4v) is 6.85. The Labute approximate surface area is 194 Å². The predicted molar refractivity (Wildman–Crippen MR) is 129 cm³/mol. The molecule has 2 aromatic heterocycles. The Balaban J connectivity index is 1.61. The second-order valence-electron chi connectivity index (χ2n) is 9.37. The summed E-state index contributed by atoms with van der Waals surface area (Å²) in [5.41, 5.74) is 3.45. The summed E-state index contributed by atoms with van der Waals surface area (Å²) in [4.78, 5) is 18.4. The molecule has 1 unspecified atom stereocenters. The zero-order valence-electron chi connectivity index (χ0n) is 19.0.